The molecule has 0 saturated heterocycles. The van der Waals surface area contributed by atoms with E-state index in [0.29, 0.717) is 35.7 Å². The Labute approximate surface area is 164 Å². The molecule has 1 N–H and O–H groups in total. The molecule has 2 amide bonds. The van der Waals surface area contributed by atoms with Gasteiger partial charge in [0.1, 0.15) is 17.3 Å². The highest BCUT2D eigenvalue weighted by Gasteiger charge is 2.18. The van der Waals surface area contributed by atoms with Crippen LogP contribution in [0.4, 0.5) is 10.1 Å². The molecule has 0 aromatic heterocycles. The number of anilines is 1. The van der Waals surface area contributed by atoms with E-state index in [1.165, 1.54) is 25.0 Å². The Hall–Kier alpha value is -3.09. The summed E-state index contributed by atoms with van der Waals surface area (Å²) < 4.78 is 24.1. The lowest BCUT2D eigenvalue weighted by Gasteiger charge is -2.23. The lowest BCUT2D eigenvalue weighted by Crippen LogP contribution is -2.34. The van der Waals surface area contributed by atoms with Crippen LogP contribution in [-0.2, 0) is 16.0 Å². The summed E-state index contributed by atoms with van der Waals surface area (Å²) in [4.78, 5) is 25.7. The van der Waals surface area contributed by atoms with Gasteiger partial charge in [-0.15, -0.1) is 0 Å². The van der Waals surface area contributed by atoms with Crippen molar-refractivity contribution < 1.29 is 23.5 Å². The molecule has 6 nitrogen and oxygen atoms in total. The van der Waals surface area contributed by atoms with Crippen LogP contribution in [0.25, 0.3) is 0 Å². The molecule has 0 radical (unpaired) electrons. The Bertz CT molecular complexity index is 826. The van der Waals surface area contributed by atoms with Crippen molar-refractivity contribution in [3.63, 3.8) is 0 Å². The molecule has 0 aliphatic heterocycles. The monoisotopic (exact) mass is 388 g/mol. The minimum atomic E-state index is -0.286. The highest BCUT2D eigenvalue weighted by Crippen LogP contribution is 2.32. The summed E-state index contributed by atoms with van der Waals surface area (Å²) in [5.74, 6) is 0.383. The average Bonchev–Trinajstić information content (AvgIpc) is 2.69. The molecule has 0 heterocycles. The van der Waals surface area contributed by atoms with Crippen LogP contribution < -0.4 is 19.7 Å². The molecular weight excluding hydrogens is 363 g/mol. The van der Waals surface area contributed by atoms with E-state index in [9.17, 15) is 14.0 Å². The quantitative estimate of drug-likeness (QED) is 0.717. The number of ether oxygens (including phenoxy) is 2. The Morgan fingerprint density at radius 2 is 1.86 bits per heavy atom. The van der Waals surface area contributed by atoms with Gasteiger partial charge in [-0.1, -0.05) is 18.2 Å². The number of methoxy groups -OCH3 is 2. The van der Waals surface area contributed by atoms with Crippen molar-refractivity contribution >= 4 is 17.5 Å². The van der Waals surface area contributed by atoms with Crippen molar-refractivity contribution in [2.45, 2.75) is 19.8 Å². The summed E-state index contributed by atoms with van der Waals surface area (Å²) in [5.41, 5.74) is 1.12. The van der Waals surface area contributed by atoms with E-state index in [4.69, 9.17) is 9.47 Å². The Morgan fingerprint density at radius 3 is 2.50 bits per heavy atom. The zero-order chi connectivity index (χ0) is 20.5. The summed E-state index contributed by atoms with van der Waals surface area (Å²) in [6, 6.07) is 11.6. The minimum Gasteiger partial charge on any atom is -0.497 e. The number of rotatable bonds is 9. The molecule has 2 aromatic carbocycles. The van der Waals surface area contributed by atoms with Crippen LogP contribution in [0.5, 0.6) is 11.5 Å². The van der Waals surface area contributed by atoms with Gasteiger partial charge < -0.3 is 19.7 Å². The fraction of sp³-hybridized carbons (Fsp3) is 0.333. The number of hydrogen-bond acceptors (Lipinski definition) is 4. The number of nitrogens with one attached hydrogen (secondary N) is 1. The second kappa shape index (κ2) is 10.3. The Balaban J connectivity index is 1.93. The maximum absolute atomic E-state index is 13.6. The van der Waals surface area contributed by atoms with Gasteiger partial charge in [-0.05, 0) is 30.2 Å². The van der Waals surface area contributed by atoms with Gasteiger partial charge in [0, 0.05) is 32.5 Å². The first-order chi connectivity index (χ1) is 13.5. The minimum absolute atomic E-state index is 0.117. The highest BCUT2D eigenvalue weighted by molar-refractivity contribution is 5.94. The average molecular weight is 388 g/mol. The fourth-order valence-corrected chi connectivity index (χ4v) is 2.79. The van der Waals surface area contributed by atoms with Crippen molar-refractivity contribution in [3.05, 3.63) is 53.8 Å². The molecule has 0 unspecified atom stereocenters. The van der Waals surface area contributed by atoms with Crippen molar-refractivity contribution in [1.29, 1.82) is 0 Å². The molecule has 0 aliphatic carbocycles. The van der Waals surface area contributed by atoms with Crippen molar-refractivity contribution in [1.82, 2.24) is 5.32 Å². The first-order valence-corrected chi connectivity index (χ1v) is 8.96. The van der Waals surface area contributed by atoms with E-state index >= 15 is 0 Å². The Kier molecular flexibility index (Phi) is 7.80. The molecule has 2 rings (SSSR count). The Morgan fingerprint density at radius 1 is 1.11 bits per heavy atom. The third kappa shape index (κ3) is 5.70. The number of hydrogen-bond donors (Lipinski definition) is 1. The highest BCUT2D eigenvalue weighted by atomic mass is 19.1. The topological polar surface area (TPSA) is 67.9 Å². The molecule has 0 atom stereocenters. The van der Waals surface area contributed by atoms with E-state index in [1.807, 2.05) is 0 Å². The summed E-state index contributed by atoms with van der Waals surface area (Å²) in [7, 11) is 3.05. The van der Waals surface area contributed by atoms with E-state index in [-0.39, 0.29) is 30.6 Å². The van der Waals surface area contributed by atoms with Gasteiger partial charge >= 0.3 is 0 Å². The predicted molar refractivity (Wildman–Crippen MR) is 105 cm³/mol. The van der Waals surface area contributed by atoms with Gasteiger partial charge in [-0.2, -0.15) is 0 Å². The largest absolute Gasteiger partial charge is 0.497 e. The van der Waals surface area contributed by atoms with Gasteiger partial charge in [-0.3, -0.25) is 9.59 Å². The van der Waals surface area contributed by atoms with Crippen molar-refractivity contribution in [3.8, 4) is 11.5 Å². The second-order valence-corrected chi connectivity index (χ2v) is 6.15. The molecular formula is C21H25FN2O4. The zero-order valence-electron chi connectivity index (χ0n) is 16.3. The van der Waals surface area contributed by atoms with Gasteiger partial charge in [-0.25, -0.2) is 4.39 Å². The summed E-state index contributed by atoms with van der Waals surface area (Å²) in [5, 5.41) is 2.76. The molecule has 28 heavy (non-hydrogen) atoms. The smallest absolute Gasteiger partial charge is 0.223 e. The second-order valence-electron chi connectivity index (χ2n) is 6.15. The zero-order valence-corrected chi connectivity index (χ0v) is 16.3. The number of halogens is 1. The van der Waals surface area contributed by atoms with Gasteiger partial charge in [0.2, 0.25) is 11.8 Å². The molecule has 150 valence electrons. The number of carbonyl (C=O) groups is 2. The van der Waals surface area contributed by atoms with Crippen LogP contribution >= 0.6 is 0 Å². The first kappa shape index (κ1) is 21.2. The lowest BCUT2D eigenvalue weighted by molar-refractivity contribution is -0.121. The van der Waals surface area contributed by atoms with E-state index in [0.717, 1.165) is 0 Å². The van der Waals surface area contributed by atoms with Crippen LogP contribution in [0, 0.1) is 5.82 Å². The molecule has 7 heteroatoms. The van der Waals surface area contributed by atoms with E-state index in [1.54, 1.807) is 43.5 Å². The molecule has 0 fully saturated rings. The van der Waals surface area contributed by atoms with Crippen LogP contribution in [-0.4, -0.2) is 39.1 Å². The third-order valence-electron chi connectivity index (χ3n) is 4.29. The van der Waals surface area contributed by atoms with Crippen LogP contribution in [0.15, 0.2) is 42.5 Å². The van der Waals surface area contributed by atoms with Gasteiger partial charge in [0.05, 0.1) is 19.9 Å². The predicted octanol–water partition coefficient (Wildman–Crippen LogP) is 2.94. The van der Waals surface area contributed by atoms with E-state index < -0.39 is 0 Å². The molecule has 0 bridgehead atoms. The lowest BCUT2D eigenvalue weighted by atomic mass is 10.1. The third-order valence-corrected chi connectivity index (χ3v) is 4.29. The maximum Gasteiger partial charge on any atom is 0.223 e. The summed E-state index contributed by atoms with van der Waals surface area (Å²) >= 11 is 0. The fourth-order valence-electron chi connectivity index (χ4n) is 2.79. The standard InChI is InChI=1S/C21H25FN2O4/c1-15(25)24(19-9-8-17(27-2)14-20(19)28-3)13-11-21(26)23-12-10-16-6-4-5-7-18(16)22/h4-9,14H,10-13H2,1-3H3,(H,23,26). The van der Waals surface area contributed by atoms with Gasteiger partial charge in [0.15, 0.2) is 0 Å². The number of benzene rings is 2. The SMILES string of the molecule is COc1ccc(N(CCC(=O)NCCc2ccccc2F)C(C)=O)c(OC)c1. The van der Waals surface area contributed by atoms with Crippen molar-refractivity contribution in [2.24, 2.45) is 0 Å². The number of nitrogens with zero attached hydrogens (tertiary/aromatic N) is 1. The van der Waals surface area contributed by atoms with E-state index in [2.05, 4.69) is 5.32 Å². The van der Waals surface area contributed by atoms with Crippen LogP contribution in [0.1, 0.15) is 18.9 Å². The number of amides is 2. The van der Waals surface area contributed by atoms with Gasteiger partial charge in [0.25, 0.3) is 0 Å². The first-order valence-electron chi connectivity index (χ1n) is 8.96. The maximum atomic E-state index is 13.6. The molecule has 0 aliphatic rings. The molecule has 2 aromatic rings. The molecule has 0 saturated carbocycles. The molecule has 0 spiro atoms. The van der Waals surface area contributed by atoms with Crippen LogP contribution in [0.2, 0.25) is 0 Å². The van der Waals surface area contributed by atoms with Crippen molar-refractivity contribution in [2.75, 3.05) is 32.2 Å². The number of carbonyl (C=O) groups excluding carboxylic acids is 2. The summed E-state index contributed by atoms with van der Waals surface area (Å²) in [6.45, 7) is 1.95. The van der Waals surface area contributed by atoms with Crippen LogP contribution in [0.3, 0.4) is 0 Å². The normalized spacial score (nSPS) is 10.3. The summed E-state index contributed by atoms with van der Waals surface area (Å²) in [6.07, 6.45) is 0.521.